The molecule has 164 valence electrons. The summed E-state index contributed by atoms with van der Waals surface area (Å²) < 4.78 is 11.0. The summed E-state index contributed by atoms with van der Waals surface area (Å²) in [6.07, 6.45) is -4.73. The number of ketones is 1. The van der Waals surface area contributed by atoms with Gasteiger partial charge in [-0.05, 0) is 55.1 Å². The highest BCUT2D eigenvalue weighted by atomic mass is 16.7. The molecule has 0 spiro atoms. The molecule has 0 aromatic carbocycles. The molecule has 0 aromatic rings. The smallest absolute Gasteiger partial charge is 0.187 e. The summed E-state index contributed by atoms with van der Waals surface area (Å²) in [5, 5.41) is 49.1. The number of hydrogen-bond acceptors (Lipinski definition) is 8. The standard InChI is InChI=1S/C21H32O8/c1-10(9-28-20-19(27)18(26)17(25)15(8-22)29-20)12-4-5-21(3)7-14(23)16(24)11(2)13(21)6-12/h12,14-15,17-20,22-23,25-27H,1,4-9H2,2-3H3. The molecule has 3 aliphatic rings. The SMILES string of the molecule is C=C(COC1OC(CO)C(O)C(O)C1O)C1CCC2(C)CC(O)C(=O)C(C)=C2C1. The highest BCUT2D eigenvalue weighted by molar-refractivity contribution is 6.00. The zero-order chi connectivity index (χ0) is 21.5. The quantitative estimate of drug-likeness (QED) is 0.392. The van der Waals surface area contributed by atoms with Crippen LogP contribution in [0, 0.1) is 11.3 Å². The number of aliphatic hydroxyl groups excluding tert-OH is 5. The second-order valence-electron chi connectivity index (χ2n) is 8.85. The molecule has 29 heavy (non-hydrogen) atoms. The monoisotopic (exact) mass is 412 g/mol. The summed E-state index contributed by atoms with van der Waals surface area (Å²) in [7, 11) is 0. The Kier molecular flexibility index (Phi) is 6.65. The van der Waals surface area contributed by atoms with Gasteiger partial charge in [0.2, 0.25) is 0 Å². The minimum Gasteiger partial charge on any atom is -0.394 e. The zero-order valence-electron chi connectivity index (χ0n) is 17.0. The van der Waals surface area contributed by atoms with Crippen molar-refractivity contribution in [2.75, 3.05) is 13.2 Å². The Hall–Kier alpha value is -1.13. The Morgan fingerprint density at radius 1 is 1.24 bits per heavy atom. The molecule has 0 aromatic heterocycles. The third-order valence-corrected chi connectivity index (χ3v) is 6.85. The Balaban J connectivity index is 1.63. The van der Waals surface area contributed by atoms with Crippen LogP contribution >= 0.6 is 0 Å². The van der Waals surface area contributed by atoms with Crippen molar-refractivity contribution in [2.24, 2.45) is 11.3 Å². The number of carbonyl (C=O) groups is 1. The fraction of sp³-hybridized carbons (Fsp3) is 0.762. The van der Waals surface area contributed by atoms with Crippen molar-refractivity contribution in [3.63, 3.8) is 0 Å². The van der Waals surface area contributed by atoms with Crippen LogP contribution in [0.1, 0.15) is 39.5 Å². The summed E-state index contributed by atoms with van der Waals surface area (Å²) in [6, 6.07) is 0. The van der Waals surface area contributed by atoms with Crippen LogP contribution in [0.3, 0.4) is 0 Å². The lowest BCUT2D eigenvalue weighted by molar-refractivity contribution is -0.299. The average molecular weight is 412 g/mol. The Labute approximate surface area is 170 Å². The number of fused-ring (bicyclic) bond motifs is 1. The van der Waals surface area contributed by atoms with Gasteiger partial charge in [-0.3, -0.25) is 4.79 Å². The minimum atomic E-state index is -1.48. The van der Waals surface area contributed by atoms with Crippen molar-refractivity contribution in [2.45, 2.75) is 76.3 Å². The maximum Gasteiger partial charge on any atom is 0.187 e. The lowest BCUT2D eigenvalue weighted by Gasteiger charge is -2.45. The molecule has 1 heterocycles. The molecule has 3 rings (SSSR count). The summed E-state index contributed by atoms with van der Waals surface area (Å²) >= 11 is 0. The molecule has 5 N–H and O–H groups in total. The molecular weight excluding hydrogens is 380 g/mol. The van der Waals surface area contributed by atoms with E-state index in [1.807, 2.05) is 0 Å². The molecule has 0 amide bonds. The van der Waals surface area contributed by atoms with Crippen LogP contribution in [0.15, 0.2) is 23.3 Å². The summed E-state index contributed by atoms with van der Waals surface area (Å²) in [5.74, 6) is -0.123. The van der Waals surface area contributed by atoms with E-state index in [1.54, 1.807) is 6.92 Å². The molecule has 0 radical (unpaired) electrons. The Bertz CT molecular complexity index is 686. The number of rotatable bonds is 5. The lowest BCUT2D eigenvalue weighted by atomic mass is 9.60. The van der Waals surface area contributed by atoms with Crippen molar-refractivity contribution >= 4 is 5.78 Å². The minimum absolute atomic E-state index is 0.0764. The van der Waals surface area contributed by atoms with E-state index < -0.39 is 43.4 Å². The van der Waals surface area contributed by atoms with Crippen LogP contribution in [-0.2, 0) is 14.3 Å². The van der Waals surface area contributed by atoms with E-state index in [0.717, 1.165) is 24.0 Å². The van der Waals surface area contributed by atoms with Crippen molar-refractivity contribution in [1.29, 1.82) is 0 Å². The highest BCUT2D eigenvalue weighted by Gasteiger charge is 2.46. The molecule has 0 bridgehead atoms. The Morgan fingerprint density at radius 2 is 1.93 bits per heavy atom. The molecule has 1 saturated carbocycles. The number of aliphatic hydroxyl groups is 5. The third-order valence-electron chi connectivity index (χ3n) is 6.85. The van der Waals surface area contributed by atoms with Crippen LogP contribution in [0.2, 0.25) is 0 Å². The van der Waals surface area contributed by atoms with Crippen LogP contribution in [0.5, 0.6) is 0 Å². The van der Waals surface area contributed by atoms with E-state index >= 15 is 0 Å². The first-order chi connectivity index (χ1) is 13.6. The van der Waals surface area contributed by atoms with Gasteiger partial charge in [-0.25, -0.2) is 0 Å². The van der Waals surface area contributed by atoms with Gasteiger partial charge >= 0.3 is 0 Å². The van der Waals surface area contributed by atoms with Crippen molar-refractivity contribution in [3.05, 3.63) is 23.3 Å². The van der Waals surface area contributed by atoms with E-state index in [1.165, 1.54) is 0 Å². The van der Waals surface area contributed by atoms with Gasteiger partial charge in [-0.15, -0.1) is 0 Å². The molecule has 1 aliphatic heterocycles. The van der Waals surface area contributed by atoms with E-state index in [0.29, 0.717) is 18.4 Å². The lowest BCUT2D eigenvalue weighted by Crippen LogP contribution is -2.59. The van der Waals surface area contributed by atoms with Gasteiger partial charge in [0.25, 0.3) is 0 Å². The van der Waals surface area contributed by atoms with E-state index in [9.17, 15) is 30.3 Å². The number of carbonyl (C=O) groups excluding carboxylic acids is 1. The molecule has 8 unspecified atom stereocenters. The summed E-state index contributed by atoms with van der Waals surface area (Å²) in [6.45, 7) is 7.52. The van der Waals surface area contributed by atoms with Gasteiger partial charge in [0.05, 0.1) is 13.2 Å². The molecule has 8 atom stereocenters. The van der Waals surface area contributed by atoms with Crippen molar-refractivity contribution in [1.82, 2.24) is 0 Å². The first-order valence-corrected chi connectivity index (χ1v) is 10.1. The van der Waals surface area contributed by atoms with Crippen LogP contribution in [0.25, 0.3) is 0 Å². The first-order valence-electron chi connectivity index (χ1n) is 10.1. The molecular formula is C21H32O8. The average Bonchev–Trinajstić information content (AvgIpc) is 2.69. The number of ether oxygens (including phenoxy) is 2. The largest absolute Gasteiger partial charge is 0.394 e. The first kappa shape index (κ1) is 22.6. The van der Waals surface area contributed by atoms with Crippen LogP contribution in [-0.4, -0.2) is 81.3 Å². The summed E-state index contributed by atoms with van der Waals surface area (Å²) in [4.78, 5) is 12.2. The topological polar surface area (TPSA) is 137 Å². The van der Waals surface area contributed by atoms with Gasteiger partial charge < -0.3 is 35.0 Å². The molecule has 8 nitrogen and oxygen atoms in total. The van der Waals surface area contributed by atoms with Gasteiger partial charge in [-0.1, -0.05) is 19.1 Å². The number of hydrogen-bond donors (Lipinski definition) is 5. The predicted molar refractivity (Wildman–Crippen MR) is 103 cm³/mol. The second kappa shape index (κ2) is 8.55. The van der Waals surface area contributed by atoms with E-state index in [2.05, 4.69) is 13.5 Å². The third kappa shape index (κ3) is 4.20. The van der Waals surface area contributed by atoms with E-state index in [-0.39, 0.29) is 23.7 Å². The van der Waals surface area contributed by atoms with E-state index in [4.69, 9.17) is 9.47 Å². The second-order valence-corrected chi connectivity index (χ2v) is 8.85. The number of Topliss-reactive ketones (excluding diaryl/α,β-unsaturated/α-hetero) is 1. The molecule has 1 saturated heterocycles. The Morgan fingerprint density at radius 3 is 2.59 bits per heavy atom. The van der Waals surface area contributed by atoms with Crippen LogP contribution in [0.4, 0.5) is 0 Å². The van der Waals surface area contributed by atoms with Crippen molar-refractivity contribution in [3.8, 4) is 0 Å². The molecule has 8 heteroatoms. The maximum absolute atomic E-state index is 12.2. The van der Waals surface area contributed by atoms with Gasteiger partial charge in [0, 0.05) is 0 Å². The fourth-order valence-corrected chi connectivity index (χ4v) is 4.85. The van der Waals surface area contributed by atoms with Gasteiger partial charge in [0.15, 0.2) is 12.1 Å². The normalized spacial score (nSPS) is 43.3. The van der Waals surface area contributed by atoms with Crippen molar-refractivity contribution < 1.29 is 39.8 Å². The molecule has 2 fully saturated rings. The fourth-order valence-electron chi connectivity index (χ4n) is 4.85. The predicted octanol–water partition coefficient (Wildman–Crippen LogP) is -0.184. The maximum atomic E-state index is 12.2. The van der Waals surface area contributed by atoms with Gasteiger partial charge in [-0.2, -0.15) is 0 Å². The molecule has 2 aliphatic carbocycles. The highest BCUT2D eigenvalue weighted by Crippen LogP contribution is 2.51. The number of allylic oxidation sites excluding steroid dienone is 1. The zero-order valence-corrected chi connectivity index (χ0v) is 17.0. The van der Waals surface area contributed by atoms with Gasteiger partial charge in [0.1, 0.15) is 30.5 Å². The summed E-state index contributed by atoms with van der Waals surface area (Å²) in [5.41, 5.74) is 2.30. The van der Waals surface area contributed by atoms with Crippen LogP contribution < -0.4 is 0 Å².